The second kappa shape index (κ2) is 7.51. The van der Waals surface area contributed by atoms with Gasteiger partial charge in [-0.05, 0) is 62.1 Å². The first-order valence-electron chi connectivity index (χ1n) is 7.63. The molecule has 2 rings (SSSR count). The molecule has 4 heteroatoms. The quantitative estimate of drug-likeness (QED) is 0.839. The number of halogens is 1. The highest BCUT2D eigenvalue weighted by Crippen LogP contribution is 2.27. The molecule has 122 valence electrons. The third-order valence-electron chi connectivity index (χ3n) is 3.63. The van der Waals surface area contributed by atoms with E-state index >= 15 is 0 Å². The summed E-state index contributed by atoms with van der Waals surface area (Å²) in [5.41, 5.74) is 4.90. The molecule has 2 aromatic carbocycles. The van der Waals surface area contributed by atoms with E-state index in [1.165, 1.54) is 0 Å². The summed E-state index contributed by atoms with van der Waals surface area (Å²) < 4.78 is 5.71. The van der Waals surface area contributed by atoms with Crippen molar-refractivity contribution >= 4 is 23.2 Å². The molecule has 0 spiro atoms. The fourth-order valence-corrected chi connectivity index (χ4v) is 2.76. The van der Waals surface area contributed by atoms with Crippen LogP contribution in [0.4, 0.5) is 5.69 Å². The van der Waals surface area contributed by atoms with Gasteiger partial charge in [0.15, 0.2) is 0 Å². The van der Waals surface area contributed by atoms with Crippen LogP contribution in [-0.4, -0.2) is 12.5 Å². The Labute approximate surface area is 142 Å². The molecule has 0 aliphatic heterocycles. The molecule has 0 aromatic heterocycles. The van der Waals surface area contributed by atoms with Gasteiger partial charge in [0.1, 0.15) is 5.75 Å². The van der Waals surface area contributed by atoms with Crippen LogP contribution in [0.5, 0.6) is 5.75 Å². The smallest absolute Gasteiger partial charge is 0.227 e. The van der Waals surface area contributed by atoms with Gasteiger partial charge < -0.3 is 10.1 Å². The van der Waals surface area contributed by atoms with Crippen molar-refractivity contribution in [3.63, 3.8) is 0 Å². The largest absolute Gasteiger partial charge is 0.493 e. The van der Waals surface area contributed by atoms with E-state index in [-0.39, 0.29) is 12.3 Å². The molecule has 0 atom stereocenters. The Morgan fingerprint density at radius 2 is 1.78 bits per heavy atom. The molecule has 23 heavy (non-hydrogen) atoms. The van der Waals surface area contributed by atoms with E-state index in [0.29, 0.717) is 17.3 Å². The summed E-state index contributed by atoms with van der Waals surface area (Å²) in [4.78, 5) is 12.1. The van der Waals surface area contributed by atoms with Gasteiger partial charge in [-0.1, -0.05) is 29.8 Å². The van der Waals surface area contributed by atoms with Crippen molar-refractivity contribution in [2.75, 3.05) is 11.9 Å². The third-order valence-corrected chi connectivity index (χ3v) is 3.92. The van der Waals surface area contributed by atoms with Crippen molar-refractivity contribution in [1.82, 2.24) is 0 Å². The van der Waals surface area contributed by atoms with Crippen molar-refractivity contribution in [3.8, 4) is 5.75 Å². The first-order valence-corrected chi connectivity index (χ1v) is 8.01. The van der Waals surface area contributed by atoms with E-state index in [0.717, 1.165) is 28.0 Å². The highest BCUT2D eigenvalue weighted by molar-refractivity contribution is 6.34. The molecule has 0 bridgehead atoms. The summed E-state index contributed by atoms with van der Waals surface area (Å²) in [5, 5.41) is 3.43. The van der Waals surface area contributed by atoms with E-state index in [1.807, 2.05) is 58.0 Å². The van der Waals surface area contributed by atoms with Gasteiger partial charge in [-0.25, -0.2) is 0 Å². The van der Waals surface area contributed by atoms with Crippen molar-refractivity contribution in [2.45, 2.75) is 34.1 Å². The van der Waals surface area contributed by atoms with Crippen LogP contribution in [0.2, 0.25) is 5.02 Å². The van der Waals surface area contributed by atoms with Crippen LogP contribution >= 0.6 is 11.6 Å². The molecule has 0 heterocycles. The Kier molecular flexibility index (Phi) is 5.67. The molecule has 1 N–H and O–H groups in total. The number of hydrogen-bond acceptors (Lipinski definition) is 2. The number of anilines is 1. The minimum absolute atomic E-state index is 0.107. The van der Waals surface area contributed by atoms with Crippen molar-refractivity contribution < 1.29 is 9.53 Å². The highest BCUT2D eigenvalue weighted by atomic mass is 35.5. The van der Waals surface area contributed by atoms with Crippen molar-refractivity contribution in [2.24, 2.45) is 0 Å². The number of amides is 1. The van der Waals surface area contributed by atoms with Crippen LogP contribution in [0.1, 0.15) is 28.7 Å². The van der Waals surface area contributed by atoms with Crippen LogP contribution in [0.25, 0.3) is 0 Å². The fraction of sp³-hybridized carbons (Fsp3) is 0.316. The van der Waals surface area contributed by atoms with Gasteiger partial charge in [0, 0.05) is 0 Å². The number of rotatable bonds is 5. The van der Waals surface area contributed by atoms with E-state index in [9.17, 15) is 4.79 Å². The minimum Gasteiger partial charge on any atom is -0.493 e. The lowest BCUT2D eigenvalue weighted by Gasteiger charge is -2.13. The molecule has 0 fully saturated rings. The van der Waals surface area contributed by atoms with Gasteiger partial charge in [-0.15, -0.1) is 0 Å². The first-order chi connectivity index (χ1) is 10.9. The molecule has 0 aliphatic rings. The number of aryl methyl sites for hydroxylation is 4. The maximum absolute atomic E-state index is 12.1. The number of ether oxygens (including phenoxy) is 1. The normalized spacial score (nSPS) is 10.5. The van der Waals surface area contributed by atoms with Crippen molar-refractivity contribution in [1.29, 1.82) is 0 Å². The number of nitrogens with one attached hydrogen (secondary N) is 1. The van der Waals surface area contributed by atoms with E-state index in [1.54, 1.807) is 0 Å². The van der Waals surface area contributed by atoms with Crippen LogP contribution < -0.4 is 10.1 Å². The number of carbonyl (C=O) groups excluding carboxylic acids is 1. The maximum atomic E-state index is 12.1. The van der Waals surface area contributed by atoms with Crippen LogP contribution in [0.3, 0.4) is 0 Å². The summed E-state index contributed by atoms with van der Waals surface area (Å²) in [7, 11) is 0. The Balaban J connectivity index is 1.92. The molecular weight excluding hydrogens is 310 g/mol. The SMILES string of the molecule is Cc1cc(C)c(NC(=O)CCOc2cc(C)ccc2C)c(Cl)c1. The van der Waals surface area contributed by atoms with Gasteiger partial charge in [0.25, 0.3) is 0 Å². The fourth-order valence-electron chi connectivity index (χ4n) is 2.39. The standard InChI is InChI=1S/C19H22ClNO2/c1-12-5-6-14(3)17(11-12)23-8-7-18(22)21-19-15(4)9-13(2)10-16(19)20/h5-6,9-11H,7-8H2,1-4H3,(H,21,22). The summed E-state index contributed by atoms with van der Waals surface area (Å²) in [5.74, 6) is 0.714. The monoisotopic (exact) mass is 331 g/mol. The lowest BCUT2D eigenvalue weighted by atomic mass is 10.1. The van der Waals surface area contributed by atoms with Gasteiger partial charge in [0.05, 0.1) is 23.7 Å². The molecule has 1 amide bonds. The predicted molar refractivity (Wildman–Crippen MR) is 95.6 cm³/mol. The Bertz CT molecular complexity index is 702. The Hall–Kier alpha value is -2.00. The van der Waals surface area contributed by atoms with E-state index in [4.69, 9.17) is 16.3 Å². The minimum atomic E-state index is -0.107. The predicted octanol–water partition coefficient (Wildman–Crippen LogP) is 4.98. The summed E-state index contributed by atoms with van der Waals surface area (Å²) in [6.45, 7) is 8.24. The molecule has 0 saturated carbocycles. The second-order valence-electron chi connectivity index (χ2n) is 5.85. The van der Waals surface area contributed by atoms with Crippen LogP contribution in [0.15, 0.2) is 30.3 Å². The van der Waals surface area contributed by atoms with Crippen molar-refractivity contribution in [3.05, 3.63) is 57.6 Å². The molecule has 0 saturated heterocycles. The first kappa shape index (κ1) is 17.4. The van der Waals surface area contributed by atoms with E-state index in [2.05, 4.69) is 5.32 Å². The topological polar surface area (TPSA) is 38.3 Å². The molecule has 2 aromatic rings. The summed E-state index contributed by atoms with van der Waals surface area (Å²) in [6.07, 6.45) is 0.275. The van der Waals surface area contributed by atoms with Gasteiger partial charge in [0.2, 0.25) is 5.91 Å². The summed E-state index contributed by atoms with van der Waals surface area (Å²) >= 11 is 6.20. The molecule has 3 nitrogen and oxygen atoms in total. The number of benzene rings is 2. The lowest BCUT2D eigenvalue weighted by molar-refractivity contribution is -0.116. The van der Waals surface area contributed by atoms with E-state index < -0.39 is 0 Å². The van der Waals surface area contributed by atoms with Crippen LogP contribution in [0, 0.1) is 27.7 Å². The second-order valence-corrected chi connectivity index (χ2v) is 6.26. The number of carbonyl (C=O) groups is 1. The molecule has 0 aliphatic carbocycles. The maximum Gasteiger partial charge on any atom is 0.227 e. The molecule has 0 radical (unpaired) electrons. The van der Waals surface area contributed by atoms with Gasteiger partial charge >= 0.3 is 0 Å². The van der Waals surface area contributed by atoms with Gasteiger partial charge in [-0.3, -0.25) is 4.79 Å². The zero-order valence-electron chi connectivity index (χ0n) is 14.0. The Morgan fingerprint density at radius 3 is 2.48 bits per heavy atom. The average Bonchev–Trinajstić information content (AvgIpc) is 2.46. The third kappa shape index (κ3) is 4.73. The zero-order valence-corrected chi connectivity index (χ0v) is 14.8. The molecule has 0 unspecified atom stereocenters. The highest BCUT2D eigenvalue weighted by Gasteiger charge is 2.10. The van der Waals surface area contributed by atoms with Gasteiger partial charge in [-0.2, -0.15) is 0 Å². The summed E-state index contributed by atoms with van der Waals surface area (Å²) in [6, 6.07) is 9.87. The number of hydrogen-bond donors (Lipinski definition) is 1. The van der Waals surface area contributed by atoms with Crippen LogP contribution in [-0.2, 0) is 4.79 Å². The molecular formula is C19H22ClNO2. The Morgan fingerprint density at radius 1 is 1.04 bits per heavy atom. The zero-order chi connectivity index (χ0) is 17.0. The average molecular weight is 332 g/mol. The lowest BCUT2D eigenvalue weighted by Crippen LogP contribution is -2.16.